The van der Waals surface area contributed by atoms with Gasteiger partial charge in [-0.05, 0) is 69.1 Å². The van der Waals surface area contributed by atoms with Crippen LogP contribution >= 0.6 is 0 Å². The molecule has 8 aromatic carbocycles. The number of para-hydroxylation sites is 1. The number of furan rings is 1. The molecule has 57 heavy (non-hydrogen) atoms. The van der Waals surface area contributed by atoms with Crippen molar-refractivity contribution in [2.75, 3.05) is 0 Å². The molecule has 268 valence electrons. The quantitative estimate of drug-likeness (QED) is 0.164. The zero-order valence-corrected chi connectivity index (χ0v) is 31.0. The number of nitrogens with zero attached hydrogens (tertiary/aromatic N) is 3. The van der Waals surface area contributed by atoms with E-state index in [1.165, 1.54) is 49.9 Å². The Hall–Kier alpha value is -7.43. The highest BCUT2D eigenvalue weighted by molar-refractivity contribution is 6.06. The van der Waals surface area contributed by atoms with Crippen LogP contribution in [0.2, 0.25) is 0 Å². The Labute approximate surface area is 330 Å². The number of hydrogen-bond acceptors (Lipinski definition) is 4. The lowest BCUT2D eigenvalue weighted by atomic mass is 9.67. The Morgan fingerprint density at radius 3 is 1.68 bits per heavy atom. The molecule has 0 spiro atoms. The molecule has 1 aliphatic carbocycles. The number of aromatic nitrogens is 3. The van der Waals surface area contributed by atoms with Gasteiger partial charge in [0.15, 0.2) is 17.5 Å². The molecule has 0 amide bonds. The van der Waals surface area contributed by atoms with Crippen molar-refractivity contribution in [3.63, 3.8) is 0 Å². The van der Waals surface area contributed by atoms with E-state index in [-0.39, 0.29) is 0 Å². The molecule has 0 fully saturated rings. The lowest BCUT2D eigenvalue weighted by molar-refractivity contribution is 0.668. The molecule has 2 aromatic heterocycles. The Kier molecular flexibility index (Phi) is 7.75. The Morgan fingerprint density at radius 1 is 0.404 bits per heavy atom. The molecule has 1 aliphatic rings. The summed E-state index contributed by atoms with van der Waals surface area (Å²) in [4.78, 5) is 15.1. The van der Waals surface area contributed by atoms with Gasteiger partial charge in [0.05, 0.1) is 5.41 Å². The zero-order valence-electron chi connectivity index (χ0n) is 31.0. The first-order chi connectivity index (χ1) is 28.2. The average Bonchev–Trinajstić information content (AvgIpc) is 3.82. The van der Waals surface area contributed by atoms with E-state index in [4.69, 9.17) is 19.4 Å². The summed E-state index contributed by atoms with van der Waals surface area (Å²) in [5.74, 6) is 1.94. The topological polar surface area (TPSA) is 51.8 Å². The molecule has 10 aromatic rings. The van der Waals surface area contributed by atoms with Crippen molar-refractivity contribution in [3.05, 3.63) is 234 Å². The van der Waals surface area contributed by atoms with E-state index in [1.54, 1.807) is 0 Å². The first kappa shape index (κ1) is 33.0. The zero-order chi connectivity index (χ0) is 37.8. The number of benzene rings is 8. The monoisotopic (exact) mass is 729 g/mol. The van der Waals surface area contributed by atoms with Crippen LogP contribution in [0.4, 0.5) is 0 Å². The first-order valence-corrected chi connectivity index (χ1v) is 19.4. The van der Waals surface area contributed by atoms with Gasteiger partial charge in [0.2, 0.25) is 0 Å². The number of rotatable bonds is 7. The highest BCUT2D eigenvalue weighted by Gasteiger charge is 2.46. The van der Waals surface area contributed by atoms with E-state index in [0.717, 1.165) is 39.7 Å². The fourth-order valence-electron chi connectivity index (χ4n) is 8.93. The second kappa shape index (κ2) is 13.4. The average molecular weight is 730 g/mol. The van der Waals surface area contributed by atoms with Crippen molar-refractivity contribution in [2.45, 2.75) is 11.8 Å². The van der Waals surface area contributed by atoms with Crippen LogP contribution in [0, 0.1) is 0 Å². The Bertz CT molecular complexity index is 3030. The third-order valence-electron chi connectivity index (χ3n) is 11.5. The van der Waals surface area contributed by atoms with Gasteiger partial charge in [-0.15, -0.1) is 0 Å². The van der Waals surface area contributed by atoms with Gasteiger partial charge < -0.3 is 4.42 Å². The molecule has 0 saturated heterocycles. The van der Waals surface area contributed by atoms with E-state index in [9.17, 15) is 0 Å². The second-order valence-corrected chi connectivity index (χ2v) is 14.7. The summed E-state index contributed by atoms with van der Waals surface area (Å²) < 4.78 is 6.22. The molecule has 4 heteroatoms. The second-order valence-electron chi connectivity index (χ2n) is 14.7. The van der Waals surface area contributed by atoms with Crippen molar-refractivity contribution in [3.8, 4) is 45.3 Å². The Morgan fingerprint density at radius 2 is 0.965 bits per heavy atom. The molecule has 0 bridgehead atoms. The van der Waals surface area contributed by atoms with Gasteiger partial charge >= 0.3 is 0 Å². The van der Waals surface area contributed by atoms with Crippen LogP contribution in [0.1, 0.15) is 33.4 Å². The predicted octanol–water partition coefficient (Wildman–Crippen LogP) is 12.7. The van der Waals surface area contributed by atoms with Crippen molar-refractivity contribution in [1.29, 1.82) is 0 Å². The third kappa shape index (κ3) is 5.41. The summed E-state index contributed by atoms with van der Waals surface area (Å²) in [5, 5.41) is 2.35. The fourth-order valence-corrected chi connectivity index (χ4v) is 8.93. The van der Waals surface area contributed by atoms with Crippen LogP contribution in [-0.2, 0) is 11.8 Å². The van der Waals surface area contributed by atoms with Gasteiger partial charge in [-0.1, -0.05) is 182 Å². The highest BCUT2D eigenvalue weighted by atomic mass is 16.3. The molecule has 1 atom stereocenters. The maximum atomic E-state index is 6.22. The van der Waals surface area contributed by atoms with Crippen LogP contribution < -0.4 is 0 Å². The van der Waals surface area contributed by atoms with Gasteiger partial charge in [-0.25, -0.2) is 15.0 Å². The van der Waals surface area contributed by atoms with Crippen molar-refractivity contribution in [2.24, 2.45) is 0 Å². The molecule has 0 saturated carbocycles. The molecule has 0 N–H and O–H groups in total. The van der Waals surface area contributed by atoms with Gasteiger partial charge in [0.25, 0.3) is 0 Å². The SMILES string of the molecule is c1ccc(-c2nc(-c3ccccc3)nc(-c3ccc4c(c3)-c3ccccc3C4(c3ccccc3)c3ccc(Cc4cccc5oc6ccccc6c45)cc3)n2)cc1. The molecular formula is C53H35N3O. The fraction of sp³-hybridized carbons (Fsp3) is 0.0377. The van der Waals surface area contributed by atoms with Crippen LogP contribution in [0.25, 0.3) is 67.2 Å². The van der Waals surface area contributed by atoms with E-state index in [1.807, 2.05) is 72.8 Å². The Balaban J connectivity index is 1.06. The summed E-state index contributed by atoms with van der Waals surface area (Å²) in [6, 6.07) is 70.8. The van der Waals surface area contributed by atoms with E-state index >= 15 is 0 Å². The first-order valence-electron chi connectivity index (χ1n) is 19.4. The minimum Gasteiger partial charge on any atom is -0.456 e. The maximum absolute atomic E-state index is 6.22. The normalized spacial score (nSPS) is 14.5. The van der Waals surface area contributed by atoms with E-state index in [2.05, 4.69) is 127 Å². The summed E-state index contributed by atoms with van der Waals surface area (Å²) in [5.41, 5.74) is 14.0. The largest absolute Gasteiger partial charge is 0.456 e. The molecule has 1 unspecified atom stereocenters. The van der Waals surface area contributed by atoms with Gasteiger partial charge in [-0.2, -0.15) is 0 Å². The van der Waals surface area contributed by atoms with Crippen molar-refractivity contribution in [1.82, 2.24) is 15.0 Å². The minimum atomic E-state index is -0.533. The molecule has 4 nitrogen and oxygen atoms in total. The molecule has 0 aliphatic heterocycles. The van der Waals surface area contributed by atoms with Crippen LogP contribution in [0.15, 0.2) is 205 Å². The smallest absolute Gasteiger partial charge is 0.164 e. The standard InChI is InChI=1S/C53H35N3O/c1-4-15-36(16-5-1)50-54-51(37-17-6-2-7-18-37)56-52(55-50)39-29-32-46-44(34-39)42-22-10-12-24-45(42)53(46,40-20-8-3-9-21-40)41-30-27-35(28-31-41)33-38-19-14-26-48-49(38)43-23-11-13-25-47(43)57-48/h1-32,34H,33H2. The van der Waals surface area contributed by atoms with Crippen molar-refractivity contribution < 1.29 is 4.42 Å². The summed E-state index contributed by atoms with van der Waals surface area (Å²) in [6.45, 7) is 0. The molecule has 11 rings (SSSR count). The lowest BCUT2D eigenvalue weighted by Gasteiger charge is -2.34. The summed E-state index contributed by atoms with van der Waals surface area (Å²) >= 11 is 0. The molecule has 0 radical (unpaired) electrons. The van der Waals surface area contributed by atoms with Gasteiger partial charge in [-0.3, -0.25) is 0 Å². The summed E-state index contributed by atoms with van der Waals surface area (Å²) in [6.07, 6.45) is 0.803. The van der Waals surface area contributed by atoms with Gasteiger partial charge in [0.1, 0.15) is 11.2 Å². The molecule has 2 heterocycles. The maximum Gasteiger partial charge on any atom is 0.164 e. The summed E-state index contributed by atoms with van der Waals surface area (Å²) in [7, 11) is 0. The highest BCUT2D eigenvalue weighted by Crippen LogP contribution is 2.56. The van der Waals surface area contributed by atoms with Crippen LogP contribution in [0.5, 0.6) is 0 Å². The molecular weight excluding hydrogens is 695 g/mol. The van der Waals surface area contributed by atoms with E-state index in [0.29, 0.717) is 17.5 Å². The third-order valence-corrected chi connectivity index (χ3v) is 11.5. The minimum absolute atomic E-state index is 0.533. The predicted molar refractivity (Wildman–Crippen MR) is 230 cm³/mol. The van der Waals surface area contributed by atoms with Crippen LogP contribution in [-0.4, -0.2) is 15.0 Å². The van der Waals surface area contributed by atoms with Crippen molar-refractivity contribution >= 4 is 21.9 Å². The van der Waals surface area contributed by atoms with Crippen LogP contribution in [0.3, 0.4) is 0 Å². The van der Waals surface area contributed by atoms with Gasteiger partial charge in [0, 0.05) is 27.5 Å². The lowest BCUT2D eigenvalue weighted by Crippen LogP contribution is -2.28. The number of hydrogen-bond donors (Lipinski definition) is 0. The van der Waals surface area contributed by atoms with E-state index < -0.39 is 5.41 Å². The number of fused-ring (bicyclic) bond motifs is 6.